The third-order valence-corrected chi connectivity index (χ3v) is 3.94. The predicted octanol–water partition coefficient (Wildman–Crippen LogP) is 1.88. The van der Waals surface area contributed by atoms with Crippen molar-refractivity contribution >= 4 is 23.5 Å². The van der Waals surface area contributed by atoms with Gasteiger partial charge in [0.1, 0.15) is 18.0 Å². The molecule has 9 heteroatoms. The Morgan fingerprint density at radius 1 is 1.07 bits per heavy atom. The van der Waals surface area contributed by atoms with Crippen molar-refractivity contribution in [3.05, 3.63) is 53.6 Å². The molecule has 0 spiro atoms. The van der Waals surface area contributed by atoms with Gasteiger partial charge >= 0.3 is 5.97 Å². The van der Waals surface area contributed by atoms with Crippen molar-refractivity contribution in [1.29, 1.82) is 5.26 Å². The summed E-state index contributed by atoms with van der Waals surface area (Å²) >= 11 is 0. The first-order valence-electron chi connectivity index (χ1n) is 8.88. The van der Waals surface area contributed by atoms with Crippen LogP contribution in [-0.2, 0) is 14.3 Å². The van der Waals surface area contributed by atoms with Gasteiger partial charge in [-0.1, -0.05) is 6.07 Å². The Balaban J connectivity index is 1.88. The molecule has 2 rings (SSSR count). The number of nitrogens with zero attached hydrogens (tertiary/aromatic N) is 1. The number of benzene rings is 2. The molecule has 156 valence electrons. The third kappa shape index (κ3) is 6.24. The average molecular weight is 411 g/mol. The Morgan fingerprint density at radius 3 is 2.33 bits per heavy atom. The van der Waals surface area contributed by atoms with Gasteiger partial charge in [-0.25, -0.2) is 0 Å². The van der Waals surface area contributed by atoms with Crippen molar-refractivity contribution in [2.75, 3.05) is 26.1 Å². The SMILES string of the molecule is COc1cc(OC)cc(C(=O)NCC(=O)O[C@H](C)C(=O)Nc2cccc(C#N)c2)c1. The Labute approximate surface area is 173 Å². The number of nitriles is 1. The molecule has 2 amide bonds. The predicted molar refractivity (Wildman–Crippen MR) is 107 cm³/mol. The van der Waals surface area contributed by atoms with Crippen LogP contribution in [0.15, 0.2) is 42.5 Å². The maximum atomic E-state index is 12.3. The van der Waals surface area contributed by atoms with Crippen molar-refractivity contribution in [2.45, 2.75) is 13.0 Å². The van der Waals surface area contributed by atoms with E-state index >= 15 is 0 Å². The molecule has 0 saturated heterocycles. The fourth-order valence-electron chi connectivity index (χ4n) is 2.40. The fourth-order valence-corrected chi connectivity index (χ4v) is 2.40. The topological polar surface area (TPSA) is 127 Å². The van der Waals surface area contributed by atoms with Crippen LogP contribution in [0.25, 0.3) is 0 Å². The zero-order chi connectivity index (χ0) is 22.1. The first-order chi connectivity index (χ1) is 14.4. The maximum Gasteiger partial charge on any atom is 0.326 e. The number of methoxy groups -OCH3 is 2. The van der Waals surface area contributed by atoms with E-state index in [9.17, 15) is 14.4 Å². The van der Waals surface area contributed by atoms with Gasteiger partial charge in [-0.05, 0) is 37.3 Å². The lowest BCUT2D eigenvalue weighted by molar-refractivity contribution is -0.152. The van der Waals surface area contributed by atoms with Crippen LogP contribution < -0.4 is 20.1 Å². The van der Waals surface area contributed by atoms with E-state index in [-0.39, 0.29) is 5.56 Å². The molecule has 0 bridgehead atoms. The van der Waals surface area contributed by atoms with Gasteiger partial charge in [0.05, 0.1) is 25.9 Å². The molecular formula is C21H21N3O6. The largest absolute Gasteiger partial charge is 0.497 e. The van der Waals surface area contributed by atoms with E-state index in [1.165, 1.54) is 39.3 Å². The van der Waals surface area contributed by atoms with Crippen LogP contribution in [0, 0.1) is 11.3 Å². The number of esters is 1. The number of carbonyl (C=O) groups is 3. The summed E-state index contributed by atoms with van der Waals surface area (Å²) in [5, 5.41) is 13.9. The van der Waals surface area contributed by atoms with E-state index in [1.807, 2.05) is 6.07 Å². The first kappa shape index (κ1) is 22.2. The van der Waals surface area contributed by atoms with Crippen molar-refractivity contribution in [2.24, 2.45) is 0 Å². The maximum absolute atomic E-state index is 12.3. The van der Waals surface area contributed by atoms with Gasteiger partial charge in [0.2, 0.25) is 0 Å². The zero-order valence-electron chi connectivity index (χ0n) is 16.7. The molecule has 0 heterocycles. The molecule has 30 heavy (non-hydrogen) atoms. The molecule has 0 aliphatic heterocycles. The molecule has 2 N–H and O–H groups in total. The number of ether oxygens (including phenoxy) is 3. The van der Waals surface area contributed by atoms with E-state index in [2.05, 4.69) is 10.6 Å². The number of carbonyl (C=O) groups excluding carboxylic acids is 3. The second-order valence-corrected chi connectivity index (χ2v) is 6.10. The normalized spacial score (nSPS) is 10.9. The highest BCUT2D eigenvalue weighted by atomic mass is 16.5. The lowest BCUT2D eigenvalue weighted by Gasteiger charge is -2.14. The molecule has 2 aromatic rings. The van der Waals surface area contributed by atoms with E-state index < -0.39 is 30.4 Å². The second kappa shape index (κ2) is 10.5. The van der Waals surface area contributed by atoms with Crippen molar-refractivity contribution in [3.8, 4) is 17.6 Å². The summed E-state index contributed by atoms with van der Waals surface area (Å²) in [6.45, 7) is 0.968. The van der Waals surface area contributed by atoms with Gasteiger partial charge in [-0.3, -0.25) is 14.4 Å². The smallest absolute Gasteiger partial charge is 0.326 e. The number of hydrogen-bond acceptors (Lipinski definition) is 7. The van der Waals surface area contributed by atoms with Crippen molar-refractivity contribution < 1.29 is 28.6 Å². The van der Waals surface area contributed by atoms with Crippen molar-refractivity contribution in [3.63, 3.8) is 0 Å². The van der Waals surface area contributed by atoms with Crippen LogP contribution in [0.2, 0.25) is 0 Å². The van der Waals surface area contributed by atoms with Gasteiger partial charge in [0, 0.05) is 17.3 Å². The summed E-state index contributed by atoms with van der Waals surface area (Å²) in [6.07, 6.45) is -1.10. The molecule has 1 atom stereocenters. The van der Waals surface area contributed by atoms with E-state index in [1.54, 1.807) is 24.3 Å². The highest BCUT2D eigenvalue weighted by Crippen LogP contribution is 2.22. The Bertz CT molecular complexity index is 961. The lowest BCUT2D eigenvalue weighted by atomic mass is 10.2. The third-order valence-electron chi connectivity index (χ3n) is 3.94. The fraction of sp³-hybridized carbons (Fsp3) is 0.238. The van der Waals surface area contributed by atoms with Gasteiger partial charge in [-0.2, -0.15) is 5.26 Å². The second-order valence-electron chi connectivity index (χ2n) is 6.10. The molecule has 0 unspecified atom stereocenters. The number of anilines is 1. The van der Waals surface area contributed by atoms with Crippen molar-refractivity contribution in [1.82, 2.24) is 5.32 Å². The summed E-state index contributed by atoms with van der Waals surface area (Å²) in [5.41, 5.74) is 1.03. The minimum absolute atomic E-state index is 0.238. The minimum Gasteiger partial charge on any atom is -0.497 e. The number of hydrogen-bond donors (Lipinski definition) is 2. The molecule has 2 aromatic carbocycles. The molecule has 0 aliphatic rings. The molecule has 0 saturated carbocycles. The molecule has 0 aromatic heterocycles. The summed E-state index contributed by atoms with van der Waals surface area (Å²) in [5.74, 6) is -1.04. The monoisotopic (exact) mass is 411 g/mol. The lowest BCUT2D eigenvalue weighted by Crippen LogP contribution is -2.35. The average Bonchev–Trinajstić information content (AvgIpc) is 2.76. The van der Waals surface area contributed by atoms with Gasteiger partial charge in [-0.15, -0.1) is 0 Å². The van der Waals surface area contributed by atoms with Crippen LogP contribution in [0.1, 0.15) is 22.8 Å². The zero-order valence-corrected chi connectivity index (χ0v) is 16.7. The Kier molecular flexibility index (Phi) is 7.76. The minimum atomic E-state index is -1.10. The highest BCUT2D eigenvalue weighted by molar-refractivity contribution is 5.98. The number of nitrogens with one attached hydrogen (secondary N) is 2. The first-order valence-corrected chi connectivity index (χ1v) is 8.88. The van der Waals surface area contributed by atoms with Crippen LogP contribution in [-0.4, -0.2) is 44.7 Å². The Hall–Kier alpha value is -4.06. The standard InChI is InChI=1S/C21H21N3O6/c1-13(20(26)24-16-6-4-5-14(7-16)11-22)30-19(25)12-23-21(27)15-8-17(28-2)10-18(9-15)29-3/h4-10,13H,12H2,1-3H3,(H,23,27)(H,24,26)/t13-/m1/s1. The number of amides is 2. The Morgan fingerprint density at radius 2 is 1.73 bits per heavy atom. The molecule has 0 radical (unpaired) electrons. The van der Waals surface area contributed by atoms with Crippen LogP contribution in [0.4, 0.5) is 5.69 Å². The summed E-state index contributed by atoms with van der Waals surface area (Å²) < 4.78 is 15.2. The van der Waals surface area contributed by atoms with Gasteiger partial charge in [0.25, 0.3) is 11.8 Å². The molecular weight excluding hydrogens is 390 g/mol. The van der Waals surface area contributed by atoms with E-state index in [0.717, 1.165) is 0 Å². The summed E-state index contributed by atoms with van der Waals surface area (Å²) in [6, 6.07) is 12.9. The summed E-state index contributed by atoms with van der Waals surface area (Å²) in [4.78, 5) is 36.4. The molecule has 9 nitrogen and oxygen atoms in total. The van der Waals surface area contributed by atoms with E-state index in [4.69, 9.17) is 19.5 Å². The quantitative estimate of drug-likeness (QED) is 0.635. The molecule has 0 fully saturated rings. The number of rotatable bonds is 8. The van der Waals surface area contributed by atoms with Crippen LogP contribution in [0.5, 0.6) is 11.5 Å². The van der Waals surface area contributed by atoms with E-state index in [0.29, 0.717) is 22.7 Å². The highest BCUT2D eigenvalue weighted by Gasteiger charge is 2.19. The van der Waals surface area contributed by atoms with Gasteiger partial charge < -0.3 is 24.8 Å². The summed E-state index contributed by atoms with van der Waals surface area (Å²) in [7, 11) is 2.91. The van der Waals surface area contributed by atoms with Gasteiger partial charge in [0.15, 0.2) is 6.10 Å². The molecule has 0 aliphatic carbocycles. The van der Waals surface area contributed by atoms with Crippen LogP contribution >= 0.6 is 0 Å². The van der Waals surface area contributed by atoms with Crippen LogP contribution in [0.3, 0.4) is 0 Å².